The highest BCUT2D eigenvalue weighted by Gasteiger charge is 2.41. The van der Waals surface area contributed by atoms with E-state index >= 15 is 0 Å². The van der Waals surface area contributed by atoms with E-state index in [9.17, 15) is 9.90 Å². The van der Waals surface area contributed by atoms with Crippen LogP contribution in [0.4, 0.5) is 0 Å². The zero-order valence-corrected chi connectivity index (χ0v) is 21.4. The van der Waals surface area contributed by atoms with Gasteiger partial charge in [-0.2, -0.15) is 0 Å². The first-order valence-electron chi connectivity index (χ1n) is 12.3. The zero-order valence-electron chi connectivity index (χ0n) is 20.6. The molecule has 0 amide bonds. The van der Waals surface area contributed by atoms with Gasteiger partial charge < -0.3 is 24.6 Å². The Hall–Kier alpha value is -3.27. The van der Waals surface area contributed by atoms with E-state index in [2.05, 4.69) is 33.1 Å². The quantitative estimate of drug-likeness (QED) is 0.473. The van der Waals surface area contributed by atoms with E-state index in [0.29, 0.717) is 10.8 Å². The van der Waals surface area contributed by atoms with Crippen molar-refractivity contribution in [2.24, 2.45) is 0 Å². The minimum absolute atomic E-state index is 0.0784. The number of pyridine rings is 1. The molecule has 0 aliphatic carbocycles. The Bertz CT molecular complexity index is 1260. The smallest absolute Gasteiger partial charge is 0.337 e. The molecule has 0 spiro atoms. The second-order valence-corrected chi connectivity index (χ2v) is 9.64. The summed E-state index contributed by atoms with van der Waals surface area (Å²) >= 11 is 5.85. The van der Waals surface area contributed by atoms with Gasteiger partial charge in [-0.25, -0.2) is 4.79 Å². The third-order valence-electron chi connectivity index (χ3n) is 7.12. The summed E-state index contributed by atoms with van der Waals surface area (Å²) < 4.78 is 7.55. The summed E-state index contributed by atoms with van der Waals surface area (Å²) in [6.07, 6.45) is 1.81. The average Bonchev–Trinajstić information content (AvgIpc) is 3.38. The first-order chi connectivity index (χ1) is 17.5. The molecular formula is C27H31N5O3S. The second-order valence-electron chi connectivity index (χ2n) is 9.26. The lowest BCUT2D eigenvalue weighted by Crippen LogP contribution is -2.42. The maximum Gasteiger partial charge on any atom is 0.337 e. The topological polar surface area (TPSA) is 82.9 Å². The Labute approximate surface area is 216 Å². The highest BCUT2D eigenvalue weighted by molar-refractivity contribution is 7.80. The minimum Gasteiger partial charge on any atom is -0.478 e. The first-order valence-corrected chi connectivity index (χ1v) is 12.7. The molecule has 4 heterocycles. The third kappa shape index (κ3) is 4.61. The van der Waals surface area contributed by atoms with Crippen LogP contribution in [0.15, 0.2) is 54.7 Å². The maximum atomic E-state index is 12.0. The Kier molecular flexibility index (Phi) is 7.04. The van der Waals surface area contributed by atoms with Gasteiger partial charge in [-0.05, 0) is 62.0 Å². The third-order valence-corrected chi connectivity index (χ3v) is 7.48. The molecule has 0 bridgehead atoms. The molecule has 2 aromatic heterocycles. The van der Waals surface area contributed by atoms with Crippen LogP contribution in [-0.4, -0.2) is 74.9 Å². The molecule has 2 atom stereocenters. The van der Waals surface area contributed by atoms with Gasteiger partial charge in [0, 0.05) is 43.8 Å². The van der Waals surface area contributed by atoms with Crippen LogP contribution in [0.1, 0.15) is 45.1 Å². The SMILES string of the molecule is Cc1cc(C2C(c3ccccn3)NC(=S)N2CCN2CCOCC2)c(C)n1-c1ccccc1C(=O)O. The number of aromatic carboxylic acids is 1. The lowest BCUT2D eigenvalue weighted by Gasteiger charge is -2.32. The minimum atomic E-state index is -0.943. The van der Waals surface area contributed by atoms with Crippen molar-refractivity contribution in [3.63, 3.8) is 0 Å². The van der Waals surface area contributed by atoms with Crippen LogP contribution < -0.4 is 5.32 Å². The first kappa shape index (κ1) is 24.4. The number of hydrogen-bond acceptors (Lipinski definition) is 5. The molecule has 36 heavy (non-hydrogen) atoms. The van der Waals surface area contributed by atoms with E-state index in [1.54, 1.807) is 18.3 Å². The lowest BCUT2D eigenvalue weighted by molar-refractivity contribution is 0.0350. The number of benzene rings is 1. The molecule has 1 aromatic carbocycles. The fourth-order valence-electron chi connectivity index (χ4n) is 5.37. The molecule has 3 aromatic rings. The number of para-hydroxylation sites is 1. The molecule has 188 valence electrons. The zero-order chi connectivity index (χ0) is 25.2. The number of aromatic nitrogens is 2. The second kappa shape index (κ2) is 10.4. The normalized spacial score (nSPS) is 20.5. The van der Waals surface area contributed by atoms with Crippen LogP contribution in [0.2, 0.25) is 0 Å². The number of carboxylic acids is 1. The molecule has 2 N–H and O–H groups in total. The number of ether oxygens (including phenoxy) is 1. The van der Waals surface area contributed by atoms with E-state index in [-0.39, 0.29) is 17.6 Å². The van der Waals surface area contributed by atoms with Gasteiger partial charge in [0.25, 0.3) is 0 Å². The van der Waals surface area contributed by atoms with Crippen LogP contribution in [0.3, 0.4) is 0 Å². The van der Waals surface area contributed by atoms with Crippen molar-refractivity contribution in [3.8, 4) is 5.69 Å². The van der Waals surface area contributed by atoms with E-state index < -0.39 is 5.97 Å². The summed E-state index contributed by atoms with van der Waals surface area (Å²) in [6, 6.07) is 15.0. The van der Waals surface area contributed by atoms with Crippen LogP contribution in [0.25, 0.3) is 5.69 Å². The molecule has 2 fully saturated rings. The Morgan fingerprint density at radius 1 is 1.14 bits per heavy atom. The van der Waals surface area contributed by atoms with Gasteiger partial charge >= 0.3 is 5.97 Å². The number of morpholine rings is 1. The number of nitrogens with one attached hydrogen (secondary N) is 1. The fourth-order valence-corrected chi connectivity index (χ4v) is 5.70. The summed E-state index contributed by atoms with van der Waals surface area (Å²) in [5, 5.41) is 14.1. The highest BCUT2D eigenvalue weighted by atomic mass is 32.1. The molecule has 2 unspecified atom stereocenters. The van der Waals surface area contributed by atoms with Gasteiger partial charge in [-0.1, -0.05) is 18.2 Å². The standard InChI is InChI=1S/C27H31N5O3S/c1-18-17-21(19(2)32(18)23-9-4-3-7-20(23)26(33)34)25-24(22-8-5-6-10-28-22)29-27(36)31(25)12-11-30-13-15-35-16-14-30/h3-10,17,24-25H,11-16H2,1-2H3,(H,29,36)(H,33,34). The number of carbonyl (C=O) groups is 1. The van der Waals surface area contributed by atoms with Gasteiger partial charge in [0.2, 0.25) is 0 Å². The number of aryl methyl sites for hydroxylation is 1. The van der Waals surface area contributed by atoms with E-state index in [4.69, 9.17) is 17.0 Å². The monoisotopic (exact) mass is 505 g/mol. The predicted octanol–water partition coefficient (Wildman–Crippen LogP) is 3.49. The van der Waals surface area contributed by atoms with Crippen molar-refractivity contribution >= 4 is 23.3 Å². The Morgan fingerprint density at radius 3 is 2.61 bits per heavy atom. The van der Waals surface area contributed by atoms with E-state index in [1.807, 2.05) is 41.8 Å². The predicted molar refractivity (Wildman–Crippen MR) is 142 cm³/mol. The summed E-state index contributed by atoms with van der Waals surface area (Å²) in [5.41, 5.74) is 4.94. The van der Waals surface area contributed by atoms with Crippen molar-refractivity contribution in [1.29, 1.82) is 0 Å². The molecule has 2 aliphatic rings. The van der Waals surface area contributed by atoms with Crippen LogP contribution in [0.5, 0.6) is 0 Å². The van der Waals surface area contributed by atoms with E-state index in [1.165, 1.54) is 0 Å². The van der Waals surface area contributed by atoms with E-state index in [0.717, 1.165) is 62.0 Å². The molecule has 5 rings (SSSR count). The Balaban J connectivity index is 1.56. The van der Waals surface area contributed by atoms with Crippen molar-refractivity contribution < 1.29 is 14.6 Å². The lowest BCUT2D eigenvalue weighted by atomic mass is 9.96. The van der Waals surface area contributed by atoms with Crippen molar-refractivity contribution in [2.75, 3.05) is 39.4 Å². The van der Waals surface area contributed by atoms with Crippen LogP contribution in [0, 0.1) is 13.8 Å². The number of thiocarbonyl (C=S) groups is 1. The van der Waals surface area contributed by atoms with Crippen molar-refractivity contribution in [2.45, 2.75) is 25.9 Å². The van der Waals surface area contributed by atoms with Gasteiger partial charge in [0.15, 0.2) is 5.11 Å². The molecular weight excluding hydrogens is 474 g/mol. The summed E-state index contributed by atoms with van der Waals surface area (Å²) in [5.74, 6) is -0.943. The molecule has 2 saturated heterocycles. The van der Waals surface area contributed by atoms with Crippen LogP contribution >= 0.6 is 12.2 Å². The summed E-state index contributed by atoms with van der Waals surface area (Å²) in [4.78, 5) is 21.3. The summed E-state index contributed by atoms with van der Waals surface area (Å²) in [6.45, 7) is 9.08. The van der Waals surface area contributed by atoms with Gasteiger partial charge in [0.1, 0.15) is 0 Å². The Morgan fingerprint density at radius 2 is 1.89 bits per heavy atom. The molecule has 8 nitrogen and oxygen atoms in total. The van der Waals surface area contributed by atoms with Crippen molar-refractivity contribution in [3.05, 3.63) is 82.9 Å². The number of carboxylic acid groups (broad SMARTS) is 1. The van der Waals surface area contributed by atoms with Gasteiger partial charge in [-0.15, -0.1) is 0 Å². The fraction of sp³-hybridized carbons (Fsp3) is 0.370. The average molecular weight is 506 g/mol. The molecule has 2 aliphatic heterocycles. The highest BCUT2D eigenvalue weighted by Crippen LogP contribution is 2.41. The molecule has 0 radical (unpaired) electrons. The number of nitrogens with zero attached hydrogens (tertiary/aromatic N) is 4. The maximum absolute atomic E-state index is 12.0. The van der Waals surface area contributed by atoms with Gasteiger partial charge in [-0.3, -0.25) is 9.88 Å². The molecule has 9 heteroatoms. The van der Waals surface area contributed by atoms with Crippen molar-refractivity contribution in [1.82, 2.24) is 24.7 Å². The molecule has 0 saturated carbocycles. The van der Waals surface area contributed by atoms with Crippen LogP contribution in [-0.2, 0) is 4.74 Å². The summed E-state index contributed by atoms with van der Waals surface area (Å²) in [7, 11) is 0. The number of rotatable bonds is 7. The van der Waals surface area contributed by atoms with Gasteiger partial charge in [0.05, 0.1) is 42.2 Å². The largest absolute Gasteiger partial charge is 0.478 e. The number of hydrogen-bond donors (Lipinski definition) is 2.